The lowest BCUT2D eigenvalue weighted by molar-refractivity contribution is 0.0497. The number of carbonyl (C=O) groups excluding carboxylic acids is 2. The number of hydrogen-bond acceptors (Lipinski definition) is 4. The molecule has 4 rings (SSSR count). The zero-order valence-corrected chi connectivity index (χ0v) is 14.1. The molecule has 1 N–H and O–H groups in total. The van der Waals surface area contributed by atoms with Crippen LogP contribution in [0.4, 0.5) is 0 Å². The van der Waals surface area contributed by atoms with Crippen molar-refractivity contribution in [1.82, 2.24) is 15.1 Å². The summed E-state index contributed by atoms with van der Waals surface area (Å²) in [7, 11) is 0. The first-order valence-electron chi connectivity index (χ1n) is 9.07. The monoisotopic (exact) mass is 327 g/mol. The van der Waals surface area contributed by atoms with Gasteiger partial charge in [-0.05, 0) is 56.3 Å². The summed E-state index contributed by atoms with van der Waals surface area (Å²) in [4.78, 5) is 28.8. The van der Waals surface area contributed by atoms with Crippen LogP contribution < -0.4 is 5.32 Å². The second-order valence-electron chi connectivity index (χ2n) is 7.47. The van der Waals surface area contributed by atoms with Crippen LogP contribution in [-0.2, 0) is 0 Å². The molecular formula is C19H25N3O2. The van der Waals surface area contributed by atoms with Crippen molar-refractivity contribution in [1.29, 1.82) is 0 Å². The lowest BCUT2D eigenvalue weighted by Gasteiger charge is -2.45. The number of fused-ring (bicyclic) bond motifs is 1. The van der Waals surface area contributed by atoms with Crippen molar-refractivity contribution in [3.05, 3.63) is 35.4 Å². The van der Waals surface area contributed by atoms with E-state index < -0.39 is 0 Å². The van der Waals surface area contributed by atoms with Crippen LogP contribution in [0.2, 0.25) is 0 Å². The molecule has 1 aromatic rings. The molecule has 0 aliphatic carbocycles. The second-order valence-corrected chi connectivity index (χ2v) is 7.47. The molecule has 1 atom stereocenters. The lowest BCUT2D eigenvalue weighted by atomic mass is 9.74. The van der Waals surface area contributed by atoms with Gasteiger partial charge in [0.05, 0.1) is 11.1 Å². The average Bonchev–Trinajstić information content (AvgIpc) is 2.85. The number of nitrogens with zero attached hydrogens (tertiary/aromatic N) is 2. The Morgan fingerprint density at radius 1 is 1.00 bits per heavy atom. The van der Waals surface area contributed by atoms with Gasteiger partial charge in [-0.15, -0.1) is 0 Å². The molecule has 3 aliphatic rings. The Morgan fingerprint density at radius 3 is 2.38 bits per heavy atom. The number of imide groups is 1. The third-order valence-electron chi connectivity index (χ3n) is 5.82. The predicted octanol–water partition coefficient (Wildman–Crippen LogP) is 1.75. The molecule has 1 aromatic carbocycles. The fourth-order valence-electron chi connectivity index (χ4n) is 4.56. The van der Waals surface area contributed by atoms with Crippen LogP contribution in [0.25, 0.3) is 0 Å². The molecule has 5 nitrogen and oxygen atoms in total. The molecule has 1 spiro atoms. The highest BCUT2D eigenvalue weighted by Crippen LogP contribution is 2.35. The molecule has 0 bridgehead atoms. The third kappa shape index (κ3) is 2.76. The zero-order valence-electron chi connectivity index (χ0n) is 14.1. The Kier molecular flexibility index (Phi) is 4.14. The van der Waals surface area contributed by atoms with E-state index >= 15 is 0 Å². The van der Waals surface area contributed by atoms with Gasteiger partial charge in [0.1, 0.15) is 0 Å². The number of nitrogens with one attached hydrogen (secondary N) is 1. The summed E-state index contributed by atoms with van der Waals surface area (Å²) in [6.07, 6.45) is 5.06. The number of amides is 2. The number of piperidine rings is 2. The molecule has 0 aromatic heterocycles. The first-order valence-corrected chi connectivity index (χ1v) is 9.07. The van der Waals surface area contributed by atoms with Gasteiger partial charge < -0.3 is 10.2 Å². The molecule has 0 radical (unpaired) electrons. The molecule has 0 saturated carbocycles. The summed E-state index contributed by atoms with van der Waals surface area (Å²) >= 11 is 0. The standard InChI is InChI=1S/C19H25N3O2/c23-17-15-5-1-2-6-16(15)18(24)22(17)12-11-21-10-4-8-19(14-21)7-3-9-20-13-19/h1-2,5-6,20H,3-4,7-14H2. The van der Waals surface area contributed by atoms with E-state index in [1.165, 1.54) is 30.6 Å². The molecule has 2 amide bonds. The van der Waals surface area contributed by atoms with Crippen LogP contribution in [0.1, 0.15) is 46.4 Å². The van der Waals surface area contributed by atoms with Gasteiger partial charge >= 0.3 is 0 Å². The van der Waals surface area contributed by atoms with E-state index in [1.54, 1.807) is 12.1 Å². The summed E-state index contributed by atoms with van der Waals surface area (Å²) < 4.78 is 0. The maximum Gasteiger partial charge on any atom is 0.261 e. The second kappa shape index (κ2) is 6.30. The van der Waals surface area contributed by atoms with Crippen molar-refractivity contribution >= 4 is 11.8 Å². The van der Waals surface area contributed by atoms with Crippen LogP contribution in [0.15, 0.2) is 24.3 Å². The van der Waals surface area contributed by atoms with Crippen LogP contribution in [0.5, 0.6) is 0 Å². The van der Waals surface area contributed by atoms with Crippen LogP contribution >= 0.6 is 0 Å². The lowest BCUT2D eigenvalue weighted by Crippen LogP contribution is -2.52. The van der Waals surface area contributed by atoms with Gasteiger partial charge in [-0.2, -0.15) is 0 Å². The number of rotatable bonds is 3. The predicted molar refractivity (Wildman–Crippen MR) is 92.0 cm³/mol. The summed E-state index contributed by atoms with van der Waals surface area (Å²) in [6.45, 7) is 5.68. The summed E-state index contributed by atoms with van der Waals surface area (Å²) in [5.74, 6) is -0.275. The minimum Gasteiger partial charge on any atom is -0.316 e. The molecule has 5 heteroatoms. The van der Waals surface area contributed by atoms with E-state index in [1.807, 2.05) is 12.1 Å². The quantitative estimate of drug-likeness (QED) is 0.860. The van der Waals surface area contributed by atoms with Crippen molar-refractivity contribution in [3.8, 4) is 0 Å². The smallest absolute Gasteiger partial charge is 0.261 e. The van der Waals surface area contributed by atoms with Crippen LogP contribution in [-0.4, -0.2) is 60.9 Å². The SMILES string of the molecule is O=C1c2ccccc2C(=O)N1CCN1CCCC2(CCCNC2)C1. The van der Waals surface area contributed by atoms with Gasteiger partial charge in [-0.25, -0.2) is 0 Å². The molecule has 24 heavy (non-hydrogen) atoms. The minimum atomic E-state index is -0.137. The van der Waals surface area contributed by atoms with Gasteiger partial charge in [0.2, 0.25) is 0 Å². The molecule has 128 valence electrons. The Hall–Kier alpha value is -1.72. The summed E-state index contributed by atoms with van der Waals surface area (Å²) in [5, 5.41) is 3.54. The van der Waals surface area contributed by atoms with Gasteiger partial charge in [0, 0.05) is 26.2 Å². The van der Waals surface area contributed by atoms with Crippen LogP contribution in [0, 0.1) is 5.41 Å². The topological polar surface area (TPSA) is 52.7 Å². The average molecular weight is 327 g/mol. The van der Waals surface area contributed by atoms with Crippen molar-refractivity contribution in [2.75, 3.05) is 39.3 Å². The highest BCUT2D eigenvalue weighted by molar-refractivity contribution is 6.21. The minimum absolute atomic E-state index is 0.137. The Balaban J connectivity index is 1.39. The van der Waals surface area contributed by atoms with E-state index in [9.17, 15) is 9.59 Å². The van der Waals surface area contributed by atoms with Crippen molar-refractivity contribution in [2.45, 2.75) is 25.7 Å². The first kappa shape index (κ1) is 15.8. The van der Waals surface area contributed by atoms with Gasteiger partial charge in [-0.1, -0.05) is 12.1 Å². The van der Waals surface area contributed by atoms with E-state index in [-0.39, 0.29) is 11.8 Å². The fourth-order valence-corrected chi connectivity index (χ4v) is 4.56. The number of benzene rings is 1. The van der Waals surface area contributed by atoms with E-state index in [2.05, 4.69) is 10.2 Å². The van der Waals surface area contributed by atoms with Gasteiger partial charge in [0.15, 0.2) is 0 Å². The maximum atomic E-state index is 12.5. The molecule has 3 aliphatic heterocycles. The summed E-state index contributed by atoms with van der Waals surface area (Å²) in [6, 6.07) is 7.13. The Bertz CT molecular complexity index is 611. The highest BCUT2D eigenvalue weighted by atomic mass is 16.2. The Labute approximate surface area is 143 Å². The number of likely N-dealkylation sites (tertiary alicyclic amines) is 1. The third-order valence-corrected chi connectivity index (χ3v) is 5.82. The van der Waals surface area contributed by atoms with Crippen molar-refractivity contribution in [3.63, 3.8) is 0 Å². The van der Waals surface area contributed by atoms with Crippen molar-refractivity contribution < 1.29 is 9.59 Å². The largest absolute Gasteiger partial charge is 0.316 e. The molecule has 1 unspecified atom stereocenters. The highest BCUT2D eigenvalue weighted by Gasteiger charge is 2.38. The van der Waals surface area contributed by atoms with Crippen molar-refractivity contribution in [2.24, 2.45) is 5.41 Å². The van der Waals surface area contributed by atoms with Gasteiger partial charge in [-0.3, -0.25) is 14.5 Å². The molecule has 2 saturated heterocycles. The number of hydrogen-bond donors (Lipinski definition) is 1. The van der Waals surface area contributed by atoms with Gasteiger partial charge in [0.25, 0.3) is 11.8 Å². The van der Waals surface area contributed by atoms with Crippen LogP contribution in [0.3, 0.4) is 0 Å². The zero-order chi connectivity index (χ0) is 16.6. The Morgan fingerprint density at radius 2 is 1.71 bits per heavy atom. The maximum absolute atomic E-state index is 12.5. The van der Waals surface area contributed by atoms with E-state index in [0.717, 1.165) is 32.7 Å². The fraction of sp³-hybridized carbons (Fsp3) is 0.579. The van der Waals surface area contributed by atoms with E-state index in [0.29, 0.717) is 23.1 Å². The summed E-state index contributed by atoms with van der Waals surface area (Å²) in [5.41, 5.74) is 1.50. The molecule has 2 fully saturated rings. The molecular weight excluding hydrogens is 302 g/mol. The molecule has 3 heterocycles. The van der Waals surface area contributed by atoms with E-state index in [4.69, 9.17) is 0 Å². The first-order chi connectivity index (χ1) is 11.7. The number of carbonyl (C=O) groups is 2. The normalized spacial score (nSPS) is 27.8.